The Bertz CT molecular complexity index is 806. The van der Waals surface area contributed by atoms with E-state index in [1.54, 1.807) is 6.07 Å². The molecule has 1 aliphatic rings. The number of thiophene rings is 1. The minimum atomic E-state index is -3.53. The molecule has 1 fully saturated rings. The van der Waals surface area contributed by atoms with Gasteiger partial charge in [0, 0.05) is 23.9 Å². The molecule has 1 aliphatic heterocycles. The van der Waals surface area contributed by atoms with Crippen LogP contribution in [0.1, 0.15) is 48.1 Å². The number of hydrogen-bond acceptors (Lipinski definition) is 7. The molecule has 0 radical (unpaired) electrons. The van der Waals surface area contributed by atoms with E-state index in [-0.39, 0.29) is 12.5 Å². The monoisotopic (exact) mass is 371 g/mol. The van der Waals surface area contributed by atoms with Crippen molar-refractivity contribution in [2.24, 2.45) is 0 Å². The van der Waals surface area contributed by atoms with Crippen molar-refractivity contribution in [1.82, 2.24) is 14.5 Å². The largest absolute Gasteiger partial charge is 0.422 e. The summed E-state index contributed by atoms with van der Waals surface area (Å²) in [7, 11) is -3.53. The molecule has 2 aromatic heterocycles. The van der Waals surface area contributed by atoms with Crippen LogP contribution >= 0.6 is 11.3 Å². The zero-order chi connectivity index (χ0) is 17.5. The molecule has 0 amide bonds. The summed E-state index contributed by atoms with van der Waals surface area (Å²) < 4.78 is 38.8. The highest BCUT2D eigenvalue weighted by atomic mass is 32.2. The second-order valence-corrected chi connectivity index (χ2v) is 9.58. The van der Waals surface area contributed by atoms with E-state index in [4.69, 9.17) is 9.15 Å². The van der Waals surface area contributed by atoms with Crippen molar-refractivity contribution < 1.29 is 17.6 Å². The van der Waals surface area contributed by atoms with Gasteiger partial charge in [-0.3, -0.25) is 0 Å². The van der Waals surface area contributed by atoms with Crippen LogP contribution in [0, 0.1) is 13.8 Å². The predicted molar refractivity (Wildman–Crippen MR) is 89.6 cm³/mol. The number of ether oxygens (including phenoxy) is 1. The molecule has 1 atom stereocenters. The molecular formula is C15H21N3O4S2. The number of nitrogens with zero attached hydrogens (tertiary/aromatic N) is 3. The van der Waals surface area contributed by atoms with Crippen LogP contribution in [-0.2, 0) is 14.8 Å². The molecule has 0 N–H and O–H groups in total. The summed E-state index contributed by atoms with van der Waals surface area (Å²) in [6.07, 6.45) is -0.532. The molecule has 2 aromatic rings. The van der Waals surface area contributed by atoms with Crippen LogP contribution in [0.25, 0.3) is 0 Å². The molecule has 24 heavy (non-hydrogen) atoms. The van der Waals surface area contributed by atoms with Crippen LogP contribution < -0.4 is 0 Å². The predicted octanol–water partition coefficient (Wildman–Crippen LogP) is 2.63. The molecule has 1 saturated heterocycles. The number of sulfonamides is 1. The van der Waals surface area contributed by atoms with Crippen molar-refractivity contribution in [3.05, 3.63) is 28.3 Å². The van der Waals surface area contributed by atoms with E-state index in [2.05, 4.69) is 10.2 Å². The minimum Gasteiger partial charge on any atom is -0.422 e. The molecule has 0 bridgehead atoms. The highest BCUT2D eigenvalue weighted by Gasteiger charge is 2.35. The number of morpholine rings is 1. The standard InChI is InChI=1S/C15H21N3O4S2/c1-9(2)14-16-17-15(22-14)12-8-18(5-6-21-12)24(19,20)13-7-10(3)11(4)23-13/h7,9,12H,5-6,8H2,1-4H3/t12-/m1/s1. The van der Waals surface area contributed by atoms with Crippen molar-refractivity contribution in [2.75, 3.05) is 19.7 Å². The quantitative estimate of drug-likeness (QED) is 0.821. The van der Waals surface area contributed by atoms with E-state index in [1.807, 2.05) is 27.7 Å². The molecule has 0 saturated carbocycles. The molecule has 0 aromatic carbocycles. The first-order chi connectivity index (χ1) is 11.3. The number of hydrogen-bond donors (Lipinski definition) is 0. The topological polar surface area (TPSA) is 85.5 Å². The Morgan fingerprint density at radius 3 is 2.67 bits per heavy atom. The van der Waals surface area contributed by atoms with Gasteiger partial charge in [-0.2, -0.15) is 4.31 Å². The Kier molecular flexibility index (Phi) is 4.78. The minimum absolute atomic E-state index is 0.117. The van der Waals surface area contributed by atoms with Gasteiger partial charge in [-0.15, -0.1) is 21.5 Å². The smallest absolute Gasteiger partial charge is 0.252 e. The summed E-state index contributed by atoms with van der Waals surface area (Å²) in [6, 6.07) is 1.73. The lowest BCUT2D eigenvalue weighted by Crippen LogP contribution is -2.42. The van der Waals surface area contributed by atoms with E-state index < -0.39 is 16.1 Å². The van der Waals surface area contributed by atoms with Gasteiger partial charge in [0.1, 0.15) is 10.3 Å². The first-order valence-electron chi connectivity index (χ1n) is 7.81. The Labute approximate surface area is 145 Å². The summed E-state index contributed by atoms with van der Waals surface area (Å²) in [5.74, 6) is 0.974. The third kappa shape index (κ3) is 3.26. The van der Waals surface area contributed by atoms with Gasteiger partial charge in [-0.1, -0.05) is 13.8 Å². The van der Waals surface area contributed by atoms with Crippen molar-refractivity contribution in [2.45, 2.75) is 43.9 Å². The average molecular weight is 371 g/mol. The van der Waals surface area contributed by atoms with Gasteiger partial charge in [0.25, 0.3) is 10.0 Å². The first kappa shape index (κ1) is 17.5. The van der Waals surface area contributed by atoms with Crippen LogP contribution in [0.4, 0.5) is 0 Å². The highest BCUT2D eigenvalue weighted by Crippen LogP contribution is 2.31. The van der Waals surface area contributed by atoms with Crippen LogP contribution in [-0.4, -0.2) is 42.6 Å². The summed E-state index contributed by atoms with van der Waals surface area (Å²) in [5, 5.41) is 8.00. The van der Waals surface area contributed by atoms with E-state index in [9.17, 15) is 8.42 Å². The molecule has 9 heteroatoms. The third-order valence-electron chi connectivity index (χ3n) is 3.99. The first-order valence-corrected chi connectivity index (χ1v) is 10.1. The fourth-order valence-electron chi connectivity index (χ4n) is 2.40. The molecule has 132 valence electrons. The fourth-order valence-corrected chi connectivity index (χ4v) is 5.49. The van der Waals surface area contributed by atoms with Crippen molar-refractivity contribution in [3.63, 3.8) is 0 Å². The normalized spacial score (nSPS) is 20.0. The Hall–Kier alpha value is -1.29. The molecule has 0 aliphatic carbocycles. The Balaban J connectivity index is 1.82. The number of aromatic nitrogens is 2. The maximum absolute atomic E-state index is 12.9. The highest BCUT2D eigenvalue weighted by molar-refractivity contribution is 7.91. The zero-order valence-corrected chi connectivity index (χ0v) is 15.8. The summed E-state index contributed by atoms with van der Waals surface area (Å²) in [5.41, 5.74) is 0.988. The molecular weight excluding hydrogens is 350 g/mol. The lowest BCUT2D eigenvalue weighted by Gasteiger charge is -2.30. The molecule has 3 rings (SSSR count). The Morgan fingerprint density at radius 2 is 2.08 bits per heavy atom. The van der Waals surface area contributed by atoms with Gasteiger partial charge in [-0.25, -0.2) is 8.42 Å². The molecule has 0 spiro atoms. The maximum Gasteiger partial charge on any atom is 0.252 e. The van der Waals surface area contributed by atoms with Crippen LogP contribution in [0.2, 0.25) is 0 Å². The Morgan fingerprint density at radius 1 is 1.33 bits per heavy atom. The van der Waals surface area contributed by atoms with Crippen molar-refractivity contribution in [1.29, 1.82) is 0 Å². The maximum atomic E-state index is 12.9. The van der Waals surface area contributed by atoms with Crippen LogP contribution in [0.5, 0.6) is 0 Å². The van der Waals surface area contributed by atoms with E-state index in [1.165, 1.54) is 15.6 Å². The second kappa shape index (κ2) is 6.55. The summed E-state index contributed by atoms with van der Waals surface area (Å²) in [4.78, 5) is 1.01. The average Bonchev–Trinajstić information content (AvgIpc) is 3.16. The molecule has 3 heterocycles. The van der Waals surface area contributed by atoms with Crippen molar-refractivity contribution in [3.8, 4) is 0 Å². The van der Waals surface area contributed by atoms with Gasteiger partial charge in [0.2, 0.25) is 11.8 Å². The van der Waals surface area contributed by atoms with E-state index in [0.29, 0.717) is 29.1 Å². The van der Waals surface area contributed by atoms with Gasteiger partial charge >= 0.3 is 0 Å². The third-order valence-corrected chi connectivity index (χ3v) is 7.46. The second-order valence-electron chi connectivity index (χ2n) is 6.16. The zero-order valence-electron chi connectivity index (χ0n) is 14.1. The van der Waals surface area contributed by atoms with Crippen LogP contribution in [0.3, 0.4) is 0 Å². The van der Waals surface area contributed by atoms with Gasteiger partial charge in [-0.05, 0) is 25.5 Å². The van der Waals surface area contributed by atoms with E-state index in [0.717, 1.165) is 10.4 Å². The molecule has 0 unspecified atom stereocenters. The summed E-state index contributed by atoms with van der Waals surface area (Å²) >= 11 is 1.30. The molecule has 7 nitrogen and oxygen atoms in total. The van der Waals surface area contributed by atoms with Gasteiger partial charge < -0.3 is 9.15 Å². The number of aryl methyl sites for hydroxylation is 2. The SMILES string of the molecule is Cc1cc(S(=O)(=O)N2CCO[C@@H](c3nnc(C(C)C)o3)C2)sc1C. The number of rotatable bonds is 4. The summed E-state index contributed by atoms with van der Waals surface area (Å²) in [6.45, 7) is 8.55. The van der Waals surface area contributed by atoms with E-state index >= 15 is 0 Å². The fraction of sp³-hybridized carbons (Fsp3) is 0.600. The van der Waals surface area contributed by atoms with Crippen LogP contribution in [0.15, 0.2) is 14.7 Å². The van der Waals surface area contributed by atoms with Gasteiger partial charge in [0.05, 0.1) is 6.61 Å². The lowest BCUT2D eigenvalue weighted by molar-refractivity contribution is -0.0178. The van der Waals surface area contributed by atoms with Crippen molar-refractivity contribution >= 4 is 21.4 Å². The lowest BCUT2D eigenvalue weighted by atomic mass is 10.2. The van der Waals surface area contributed by atoms with Gasteiger partial charge in [0.15, 0.2) is 0 Å².